The Kier molecular flexibility index (Phi) is 4.69. The van der Waals surface area contributed by atoms with E-state index in [1.807, 2.05) is 36.4 Å². The number of thiophene rings is 1. The number of hydrogen-bond acceptors (Lipinski definition) is 3. The van der Waals surface area contributed by atoms with Gasteiger partial charge in [-0.1, -0.05) is 60.7 Å². The summed E-state index contributed by atoms with van der Waals surface area (Å²) in [5.41, 5.74) is 7.58. The van der Waals surface area contributed by atoms with Gasteiger partial charge in [-0.05, 0) is 34.9 Å². The summed E-state index contributed by atoms with van der Waals surface area (Å²) in [6, 6.07) is 24.6. The van der Waals surface area contributed by atoms with Crippen molar-refractivity contribution in [3.8, 4) is 0 Å². The highest BCUT2D eigenvalue weighted by molar-refractivity contribution is 7.25. The molecule has 3 aromatic carbocycles. The number of amidine groups is 1. The summed E-state index contributed by atoms with van der Waals surface area (Å²) in [6.07, 6.45) is 1.32. The van der Waals surface area contributed by atoms with Crippen LogP contribution < -0.4 is 5.73 Å². The molecule has 5 heteroatoms. The van der Waals surface area contributed by atoms with Crippen LogP contribution in [-0.2, 0) is 0 Å². The molecule has 26 heavy (non-hydrogen) atoms. The number of halogens is 1. The van der Waals surface area contributed by atoms with E-state index in [4.69, 9.17) is 17.3 Å². The Morgan fingerprint density at radius 3 is 2.46 bits per heavy atom. The van der Waals surface area contributed by atoms with Gasteiger partial charge in [-0.2, -0.15) is 0 Å². The molecule has 0 fully saturated rings. The van der Waals surface area contributed by atoms with E-state index in [0.717, 1.165) is 11.1 Å². The number of fused-ring (bicyclic) bond motifs is 3. The molecule has 0 spiro atoms. The zero-order chi connectivity index (χ0) is 17.9. The van der Waals surface area contributed by atoms with E-state index in [2.05, 4.69) is 46.4 Å². The summed E-state index contributed by atoms with van der Waals surface area (Å²) in [6.45, 7) is 0. The Labute approximate surface area is 160 Å². The minimum absolute atomic E-state index is 0.00310. The molecule has 1 atom stereocenters. The molecule has 1 unspecified atom stereocenters. The molecule has 1 heterocycles. The summed E-state index contributed by atoms with van der Waals surface area (Å²) in [7, 11) is 0. The van der Waals surface area contributed by atoms with Crippen LogP contribution in [-0.4, -0.2) is 11.5 Å². The molecule has 0 aliphatic rings. The highest BCUT2D eigenvalue weighted by atomic mass is 35.5. The minimum atomic E-state index is -0.470. The molecule has 0 saturated carbocycles. The summed E-state index contributed by atoms with van der Waals surface area (Å²) >= 11 is 7.61. The molecule has 0 aliphatic carbocycles. The highest BCUT2D eigenvalue weighted by Crippen LogP contribution is 2.35. The fraction of sp³-hybridized carbons (Fsp3) is 0.0476. The standard InChI is InChI=1S/C21H16ClN3S/c22-21(23)25-20(24-13-14-6-2-1-3-7-14)15-10-11-17-16-8-4-5-9-18(16)26-19(17)12-15/h1-13,20H,(H2,23,25). The molecule has 0 aliphatic heterocycles. The van der Waals surface area contributed by atoms with Crippen LogP contribution in [0, 0.1) is 0 Å². The van der Waals surface area contributed by atoms with Crippen molar-refractivity contribution in [2.75, 3.05) is 0 Å². The van der Waals surface area contributed by atoms with Crippen molar-refractivity contribution in [3.05, 3.63) is 83.9 Å². The zero-order valence-electron chi connectivity index (χ0n) is 13.8. The Balaban J connectivity index is 1.76. The first kappa shape index (κ1) is 16.8. The van der Waals surface area contributed by atoms with Crippen LogP contribution in [0.25, 0.3) is 20.2 Å². The Hall–Kier alpha value is -2.69. The van der Waals surface area contributed by atoms with Gasteiger partial charge in [-0.25, -0.2) is 4.99 Å². The number of aliphatic imine (C=N–C) groups is 2. The van der Waals surface area contributed by atoms with Gasteiger partial charge in [-0.15, -0.1) is 11.3 Å². The van der Waals surface area contributed by atoms with Crippen LogP contribution in [0.1, 0.15) is 17.3 Å². The van der Waals surface area contributed by atoms with Gasteiger partial charge in [0.05, 0.1) is 0 Å². The molecule has 0 bridgehead atoms. The van der Waals surface area contributed by atoms with Crippen LogP contribution in [0.15, 0.2) is 82.8 Å². The second-order valence-electron chi connectivity index (χ2n) is 5.87. The van der Waals surface area contributed by atoms with Crippen LogP contribution in [0.4, 0.5) is 0 Å². The predicted octanol–water partition coefficient (Wildman–Crippen LogP) is 5.73. The van der Waals surface area contributed by atoms with E-state index in [-0.39, 0.29) is 5.29 Å². The van der Waals surface area contributed by atoms with E-state index >= 15 is 0 Å². The fourth-order valence-electron chi connectivity index (χ4n) is 2.91. The van der Waals surface area contributed by atoms with Gasteiger partial charge in [0.2, 0.25) is 0 Å². The lowest BCUT2D eigenvalue weighted by atomic mass is 10.1. The third kappa shape index (κ3) is 3.47. The number of nitrogens with zero attached hydrogens (tertiary/aromatic N) is 2. The Bertz CT molecular complexity index is 1110. The maximum absolute atomic E-state index is 5.84. The largest absolute Gasteiger partial charge is 0.374 e. The first-order valence-electron chi connectivity index (χ1n) is 8.19. The maximum Gasteiger partial charge on any atom is 0.191 e. The smallest absolute Gasteiger partial charge is 0.191 e. The van der Waals surface area contributed by atoms with E-state index in [1.165, 1.54) is 20.2 Å². The van der Waals surface area contributed by atoms with Crippen LogP contribution >= 0.6 is 22.9 Å². The molecule has 0 radical (unpaired) electrons. The van der Waals surface area contributed by atoms with Crippen molar-refractivity contribution >= 4 is 54.6 Å². The molecule has 4 rings (SSSR count). The molecule has 2 N–H and O–H groups in total. The van der Waals surface area contributed by atoms with Crippen molar-refractivity contribution in [1.29, 1.82) is 0 Å². The summed E-state index contributed by atoms with van der Waals surface area (Å²) < 4.78 is 2.47. The average Bonchev–Trinajstić information content (AvgIpc) is 3.03. The van der Waals surface area contributed by atoms with Gasteiger partial charge in [0.1, 0.15) is 0 Å². The second-order valence-corrected chi connectivity index (χ2v) is 7.34. The first-order chi connectivity index (χ1) is 12.7. The summed E-state index contributed by atoms with van der Waals surface area (Å²) in [5.74, 6) is 0. The molecular formula is C21H16ClN3S. The maximum atomic E-state index is 5.84. The average molecular weight is 378 g/mol. The minimum Gasteiger partial charge on any atom is -0.374 e. The predicted molar refractivity (Wildman–Crippen MR) is 114 cm³/mol. The van der Waals surface area contributed by atoms with Crippen molar-refractivity contribution in [1.82, 2.24) is 0 Å². The topological polar surface area (TPSA) is 50.7 Å². The molecule has 128 valence electrons. The van der Waals surface area contributed by atoms with Crippen molar-refractivity contribution in [2.24, 2.45) is 15.7 Å². The number of hydrogen-bond donors (Lipinski definition) is 1. The van der Waals surface area contributed by atoms with E-state index in [0.29, 0.717) is 0 Å². The van der Waals surface area contributed by atoms with Crippen molar-refractivity contribution in [3.63, 3.8) is 0 Å². The highest BCUT2D eigenvalue weighted by Gasteiger charge is 2.11. The molecule has 3 nitrogen and oxygen atoms in total. The summed E-state index contributed by atoms with van der Waals surface area (Å²) in [5, 5.41) is 2.50. The SMILES string of the molecule is NC(Cl)=NC(N=Cc1ccccc1)c1ccc2c(c1)sc1ccccc12. The second kappa shape index (κ2) is 7.28. The number of nitrogens with two attached hydrogens (primary N) is 1. The van der Waals surface area contributed by atoms with Crippen molar-refractivity contribution < 1.29 is 0 Å². The van der Waals surface area contributed by atoms with Gasteiger partial charge < -0.3 is 5.73 Å². The normalized spacial score (nSPS) is 13.7. The lowest BCUT2D eigenvalue weighted by molar-refractivity contribution is 0.786. The van der Waals surface area contributed by atoms with Crippen LogP contribution in [0.3, 0.4) is 0 Å². The Morgan fingerprint density at radius 2 is 1.65 bits per heavy atom. The van der Waals surface area contributed by atoms with Gasteiger partial charge >= 0.3 is 0 Å². The monoisotopic (exact) mass is 377 g/mol. The molecule has 0 amide bonds. The van der Waals surface area contributed by atoms with Gasteiger partial charge in [-0.3, -0.25) is 4.99 Å². The Morgan fingerprint density at radius 1 is 0.923 bits per heavy atom. The van der Waals surface area contributed by atoms with Crippen molar-refractivity contribution in [2.45, 2.75) is 6.17 Å². The fourth-order valence-corrected chi connectivity index (χ4v) is 4.16. The third-order valence-electron chi connectivity index (χ3n) is 4.11. The van der Waals surface area contributed by atoms with E-state index < -0.39 is 6.17 Å². The quantitative estimate of drug-likeness (QED) is 0.276. The molecular weight excluding hydrogens is 362 g/mol. The number of benzene rings is 3. The van der Waals surface area contributed by atoms with Gasteiger partial charge in [0.25, 0.3) is 0 Å². The lowest BCUT2D eigenvalue weighted by Gasteiger charge is -2.08. The molecule has 1 aromatic heterocycles. The van der Waals surface area contributed by atoms with E-state index in [1.54, 1.807) is 17.6 Å². The van der Waals surface area contributed by atoms with Crippen LogP contribution in [0.5, 0.6) is 0 Å². The van der Waals surface area contributed by atoms with E-state index in [9.17, 15) is 0 Å². The zero-order valence-corrected chi connectivity index (χ0v) is 15.4. The third-order valence-corrected chi connectivity index (χ3v) is 5.34. The number of rotatable bonds is 4. The molecule has 4 aromatic rings. The molecule has 0 saturated heterocycles. The van der Waals surface area contributed by atoms with Crippen LogP contribution in [0.2, 0.25) is 0 Å². The lowest BCUT2D eigenvalue weighted by Crippen LogP contribution is -2.05. The summed E-state index contributed by atoms with van der Waals surface area (Å²) in [4.78, 5) is 8.88. The van der Waals surface area contributed by atoms with Gasteiger partial charge in [0, 0.05) is 26.4 Å². The van der Waals surface area contributed by atoms with Gasteiger partial charge in [0.15, 0.2) is 11.5 Å². The first-order valence-corrected chi connectivity index (χ1v) is 9.38.